The molecule has 1 N–H and O–H groups in total. The Kier molecular flexibility index (Phi) is 4.06. The molecule has 0 bridgehead atoms. The average molecular weight is 369 g/mol. The van der Waals surface area contributed by atoms with Gasteiger partial charge >= 0.3 is 0 Å². The van der Waals surface area contributed by atoms with Gasteiger partial charge in [-0.15, -0.1) is 0 Å². The van der Waals surface area contributed by atoms with Crippen LogP contribution in [0.5, 0.6) is 0 Å². The Morgan fingerprint density at radius 3 is 2.60 bits per heavy atom. The Hall–Kier alpha value is -0.960. The molecule has 0 aliphatic heterocycles. The predicted octanol–water partition coefficient (Wildman–Crippen LogP) is 6.02. The third-order valence-corrected chi connectivity index (χ3v) is 4.63. The van der Waals surface area contributed by atoms with Crippen molar-refractivity contribution in [3.8, 4) is 0 Å². The minimum atomic E-state index is 0.603. The third-order valence-electron chi connectivity index (χ3n) is 3.40. The van der Waals surface area contributed by atoms with Crippen LogP contribution in [0.2, 0.25) is 10.0 Å². The van der Waals surface area contributed by atoms with E-state index in [-0.39, 0.29) is 0 Å². The van der Waals surface area contributed by atoms with E-state index in [9.17, 15) is 0 Å². The van der Waals surface area contributed by atoms with Crippen molar-refractivity contribution < 1.29 is 0 Å². The summed E-state index contributed by atoms with van der Waals surface area (Å²) in [4.78, 5) is 3.30. The van der Waals surface area contributed by atoms with Crippen LogP contribution in [0.3, 0.4) is 0 Å². The van der Waals surface area contributed by atoms with Crippen LogP contribution in [-0.4, -0.2) is 4.98 Å². The Labute approximate surface area is 136 Å². The number of halogens is 3. The summed E-state index contributed by atoms with van der Waals surface area (Å²) in [7, 11) is 0. The monoisotopic (exact) mass is 367 g/mol. The molecule has 0 saturated carbocycles. The molecule has 3 aromatic rings. The topological polar surface area (TPSA) is 15.8 Å². The van der Waals surface area contributed by atoms with Gasteiger partial charge in [0.1, 0.15) is 0 Å². The van der Waals surface area contributed by atoms with Crippen molar-refractivity contribution in [1.29, 1.82) is 0 Å². The second kappa shape index (κ2) is 5.80. The first kappa shape index (κ1) is 14.0. The van der Waals surface area contributed by atoms with E-state index in [2.05, 4.69) is 39.2 Å². The van der Waals surface area contributed by atoms with E-state index in [1.54, 1.807) is 0 Å². The van der Waals surface area contributed by atoms with Crippen molar-refractivity contribution in [2.24, 2.45) is 0 Å². The summed E-state index contributed by atoms with van der Waals surface area (Å²) in [6.07, 6.45) is 3.99. The van der Waals surface area contributed by atoms with E-state index in [0.717, 1.165) is 22.8 Å². The lowest BCUT2D eigenvalue weighted by Gasteiger charge is -2.03. The molecular weight excluding hydrogens is 357 g/mol. The SMILES string of the molecule is Clc1ccc(CCc2c[nH]c3ccc(Br)cc23)cc1Cl. The van der Waals surface area contributed by atoms with E-state index in [1.807, 2.05) is 24.3 Å². The maximum absolute atomic E-state index is 6.05. The standard InChI is InChI=1S/C16H12BrCl2N/c17-12-4-6-16-13(8-12)11(9-20-16)3-1-10-2-5-14(18)15(19)7-10/h2,4-9,20H,1,3H2. The summed E-state index contributed by atoms with van der Waals surface area (Å²) < 4.78 is 1.10. The molecule has 0 spiro atoms. The second-order valence-electron chi connectivity index (χ2n) is 4.75. The molecule has 0 saturated heterocycles. The number of aryl methyl sites for hydroxylation is 2. The van der Waals surface area contributed by atoms with E-state index in [4.69, 9.17) is 23.2 Å². The Balaban J connectivity index is 1.83. The summed E-state index contributed by atoms with van der Waals surface area (Å²) >= 11 is 15.5. The summed E-state index contributed by atoms with van der Waals surface area (Å²) in [5.41, 5.74) is 3.67. The molecule has 0 aliphatic rings. The lowest BCUT2D eigenvalue weighted by Crippen LogP contribution is -1.90. The van der Waals surface area contributed by atoms with Crippen LogP contribution in [0.4, 0.5) is 0 Å². The normalized spacial score (nSPS) is 11.2. The van der Waals surface area contributed by atoms with Crippen LogP contribution in [0, 0.1) is 0 Å². The molecule has 20 heavy (non-hydrogen) atoms. The lowest BCUT2D eigenvalue weighted by molar-refractivity contribution is 0.968. The van der Waals surface area contributed by atoms with E-state index in [0.29, 0.717) is 10.0 Å². The van der Waals surface area contributed by atoms with Gasteiger partial charge < -0.3 is 4.98 Å². The molecular formula is C16H12BrCl2N. The number of benzene rings is 2. The van der Waals surface area contributed by atoms with E-state index >= 15 is 0 Å². The molecule has 1 heterocycles. The molecule has 0 atom stereocenters. The summed E-state index contributed by atoms with van der Waals surface area (Å²) in [5.74, 6) is 0. The van der Waals surface area contributed by atoms with E-state index in [1.165, 1.54) is 16.5 Å². The highest BCUT2D eigenvalue weighted by Crippen LogP contribution is 2.26. The molecule has 1 nitrogen and oxygen atoms in total. The second-order valence-corrected chi connectivity index (χ2v) is 6.48. The number of aromatic nitrogens is 1. The maximum Gasteiger partial charge on any atom is 0.0595 e. The van der Waals surface area contributed by atoms with E-state index < -0.39 is 0 Å². The highest BCUT2D eigenvalue weighted by Gasteiger charge is 2.05. The van der Waals surface area contributed by atoms with Crippen molar-refractivity contribution in [3.63, 3.8) is 0 Å². The molecule has 102 valence electrons. The van der Waals surface area contributed by atoms with Crippen molar-refractivity contribution in [1.82, 2.24) is 4.98 Å². The smallest absolute Gasteiger partial charge is 0.0595 e. The van der Waals surface area contributed by atoms with Crippen molar-refractivity contribution >= 4 is 50.0 Å². The molecule has 1 aromatic heterocycles. The van der Waals surface area contributed by atoms with Crippen molar-refractivity contribution in [3.05, 3.63) is 68.2 Å². The zero-order valence-electron chi connectivity index (χ0n) is 10.6. The van der Waals surface area contributed by atoms with Gasteiger partial charge in [0.25, 0.3) is 0 Å². The van der Waals surface area contributed by atoms with Gasteiger partial charge in [0, 0.05) is 21.6 Å². The predicted molar refractivity (Wildman–Crippen MR) is 89.9 cm³/mol. The van der Waals surface area contributed by atoms with Gasteiger partial charge in [0.2, 0.25) is 0 Å². The van der Waals surface area contributed by atoms with Crippen molar-refractivity contribution in [2.75, 3.05) is 0 Å². The van der Waals surface area contributed by atoms with Gasteiger partial charge in [-0.2, -0.15) is 0 Å². The highest BCUT2D eigenvalue weighted by molar-refractivity contribution is 9.10. The number of H-pyrrole nitrogens is 1. The Morgan fingerprint density at radius 1 is 0.950 bits per heavy atom. The quantitative estimate of drug-likeness (QED) is 0.581. The molecule has 0 unspecified atom stereocenters. The Morgan fingerprint density at radius 2 is 1.80 bits per heavy atom. The molecule has 4 heteroatoms. The Bertz CT molecular complexity index is 764. The fraction of sp³-hybridized carbons (Fsp3) is 0.125. The van der Waals surface area contributed by atoms with Crippen LogP contribution in [-0.2, 0) is 12.8 Å². The minimum Gasteiger partial charge on any atom is -0.361 e. The maximum atomic E-state index is 6.05. The molecule has 0 radical (unpaired) electrons. The largest absolute Gasteiger partial charge is 0.361 e. The fourth-order valence-corrected chi connectivity index (χ4v) is 3.01. The van der Waals surface area contributed by atoms with Crippen LogP contribution in [0.15, 0.2) is 47.1 Å². The van der Waals surface area contributed by atoms with Gasteiger partial charge in [0.15, 0.2) is 0 Å². The van der Waals surface area contributed by atoms with Gasteiger partial charge in [-0.1, -0.05) is 45.2 Å². The molecule has 0 amide bonds. The van der Waals surface area contributed by atoms with Gasteiger partial charge in [0.05, 0.1) is 10.0 Å². The molecule has 0 aliphatic carbocycles. The number of aromatic amines is 1. The third kappa shape index (κ3) is 2.88. The zero-order chi connectivity index (χ0) is 14.1. The first-order valence-corrected chi connectivity index (χ1v) is 7.88. The van der Waals surface area contributed by atoms with Crippen LogP contribution >= 0.6 is 39.1 Å². The molecule has 2 aromatic carbocycles. The number of nitrogens with one attached hydrogen (secondary N) is 1. The molecule has 0 fully saturated rings. The van der Waals surface area contributed by atoms with Gasteiger partial charge in [-0.3, -0.25) is 0 Å². The van der Waals surface area contributed by atoms with Gasteiger partial charge in [-0.25, -0.2) is 0 Å². The first-order valence-electron chi connectivity index (χ1n) is 6.33. The number of fused-ring (bicyclic) bond motifs is 1. The molecule has 3 rings (SSSR count). The highest BCUT2D eigenvalue weighted by atomic mass is 79.9. The average Bonchev–Trinajstić information content (AvgIpc) is 2.82. The summed E-state index contributed by atoms with van der Waals surface area (Å²) in [5, 5.41) is 2.48. The number of hydrogen-bond acceptors (Lipinski definition) is 0. The number of rotatable bonds is 3. The van der Waals surface area contributed by atoms with Crippen molar-refractivity contribution in [2.45, 2.75) is 12.8 Å². The van der Waals surface area contributed by atoms with Crippen LogP contribution in [0.25, 0.3) is 10.9 Å². The van der Waals surface area contributed by atoms with Gasteiger partial charge in [-0.05, 0) is 54.3 Å². The van der Waals surface area contributed by atoms with Crippen LogP contribution in [0.1, 0.15) is 11.1 Å². The fourth-order valence-electron chi connectivity index (χ4n) is 2.33. The summed E-state index contributed by atoms with van der Waals surface area (Å²) in [6, 6.07) is 12.1. The first-order chi connectivity index (χ1) is 9.63. The zero-order valence-corrected chi connectivity index (χ0v) is 13.7. The minimum absolute atomic E-state index is 0.603. The number of hydrogen-bond donors (Lipinski definition) is 1. The summed E-state index contributed by atoms with van der Waals surface area (Å²) in [6.45, 7) is 0. The van der Waals surface area contributed by atoms with Crippen LogP contribution < -0.4 is 0 Å². The lowest BCUT2D eigenvalue weighted by atomic mass is 10.0.